The standard InChI is InChI=1S/C62H104N12O16S2/c1-2-81-30-31-85-36-37-87-40-41-89-44-45-90-43-42-88-39-38-86-35-33-83-27-19-55(75)72-52(58(63)78)14-5-7-22-68-59(79)53(16-11-25-69-61(64)65)74-60(80)54(15-6-8-23-70-62(92)71-24-10-9-21-66-48-91)73-56(76)20-28-82-32-34-84-29-26-67-57(77)47-49-17-18-50-12-3-4-13-51(50)46-49/h3-4,12-13,17-18,46,52-54H,2,5-11,14-16,19-45,47H2,1H3,(H2,63,78)(H,67,77)(H,68,79)(H,72,75)(H,73,76)(H,74,80)(H4,64,65,69)(H2,70,71,92). The number of primary amides is 1. The van der Waals surface area contributed by atoms with Crippen molar-refractivity contribution in [1.29, 1.82) is 5.41 Å². The Balaban J connectivity index is 1.74. The summed E-state index contributed by atoms with van der Waals surface area (Å²) in [6, 6.07) is 10.9. The quantitative estimate of drug-likeness (QED) is 0.0193. The van der Waals surface area contributed by atoms with Gasteiger partial charge in [-0.1, -0.05) is 42.5 Å². The Labute approximate surface area is 553 Å². The Bertz CT molecular complexity index is 2400. The highest BCUT2D eigenvalue weighted by Gasteiger charge is 2.27. The molecule has 520 valence electrons. The number of fused-ring (bicyclic) bond motifs is 1. The first-order chi connectivity index (χ1) is 44.8. The number of isothiocyanates is 1. The van der Waals surface area contributed by atoms with Crippen molar-refractivity contribution in [3.8, 4) is 0 Å². The van der Waals surface area contributed by atoms with Crippen LogP contribution in [0.4, 0.5) is 0 Å². The molecule has 3 unspecified atom stereocenters. The van der Waals surface area contributed by atoms with Gasteiger partial charge >= 0.3 is 0 Å². The lowest BCUT2D eigenvalue weighted by molar-refractivity contribution is -0.132. The number of benzene rings is 2. The van der Waals surface area contributed by atoms with E-state index in [1.807, 2.05) is 49.4 Å². The normalized spacial score (nSPS) is 12.0. The van der Waals surface area contributed by atoms with Gasteiger partial charge < -0.3 is 101 Å². The predicted molar refractivity (Wildman–Crippen MR) is 356 cm³/mol. The lowest BCUT2D eigenvalue weighted by Gasteiger charge is -2.24. The Kier molecular flexibility index (Phi) is 51.3. The predicted octanol–water partition coefficient (Wildman–Crippen LogP) is 1.47. The maximum absolute atomic E-state index is 14.0. The van der Waals surface area contributed by atoms with Crippen LogP contribution in [0.5, 0.6) is 0 Å². The molecule has 0 aliphatic rings. The smallest absolute Gasteiger partial charge is 0.243 e. The van der Waals surface area contributed by atoms with Gasteiger partial charge in [0.1, 0.15) is 18.1 Å². The molecule has 0 bridgehead atoms. The van der Waals surface area contributed by atoms with Crippen LogP contribution < -0.4 is 54.0 Å². The highest BCUT2D eigenvalue weighted by molar-refractivity contribution is 7.80. The van der Waals surface area contributed by atoms with Gasteiger partial charge in [0.2, 0.25) is 35.4 Å². The third kappa shape index (κ3) is 46.9. The van der Waals surface area contributed by atoms with Crippen LogP contribution in [0.15, 0.2) is 47.5 Å². The highest BCUT2D eigenvalue weighted by atomic mass is 32.1. The topological polar surface area (TPSA) is 379 Å². The summed E-state index contributed by atoms with van der Waals surface area (Å²) in [5, 5.41) is 35.6. The second-order valence-corrected chi connectivity index (χ2v) is 21.3. The number of aliphatic imine (C=N–C) groups is 1. The lowest BCUT2D eigenvalue weighted by atomic mass is 10.1. The Hall–Kier alpha value is -6.12. The number of nitrogens with zero attached hydrogens (tertiary/aromatic N) is 1. The summed E-state index contributed by atoms with van der Waals surface area (Å²) in [4.78, 5) is 82.4. The lowest BCUT2D eigenvalue weighted by Crippen LogP contribution is -2.54. The SMILES string of the molecule is CCOCCOCCOCCOCCOCCOCCOCCOCCC(=O)NC(CCCCNC(=O)C(CCCNC(=N)N)NC(=O)C(CCCCNC(=S)NCCCCN=C=S)NC(=O)CCOCCOCCNC(=O)Cc1ccc2ccccc2c1)C(N)=O. The first-order valence-electron chi connectivity index (χ1n) is 31.9. The van der Waals surface area contributed by atoms with Crippen LogP contribution in [0.25, 0.3) is 10.8 Å². The van der Waals surface area contributed by atoms with Crippen LogP contribution >= 0.6 is 24.4 Å². The number of ether oxygens (including phenoxy) is 10. The average molecular weight is 1340 g/mol. The summed E-state index contributed by atoms with van der Waals surface area (Å²) >= 11 is 10.0. The Morgan fingerprint density at radius 1 is 0.478 bits per heavy atom. The minimum atomic E-state index is -1.03. The van der Waals surface area contributed by atoms with E-state index in [1.165, 1.54) is 0 Å². The molecule has 0 aromatic heterocycles. The van der Waals surface area contributed by atoms with E-state index in [0.717, 1.165) is 29.2 Å². The second-order valence-electron chi connectivity index (χ2n) is 20.7. The molecule has 28 nitrogen and oxygen atoms in total. The molecule has 92 heavy (non-hydrogen) atoms. The molecule has 2 rings (SSSR count). The first-order valence-corrected chi connectivity index (χ1v) is 32.8. The number of nitrogens with two attached hydrogens (primary N) is 2. The summed E-state index contributed by atoms with van der Waals surface area (Å²) in [5.41, 5.74) is 12.0. The summed E-state index contributed by atoms with van der Waals surface area (Å²) < 4.78 is 54.8. The molecule has 0 saturated carbocycles. The van der Waals surface area contributed by atoms with Gasteiger partial charge in [0, 0.05) is 58.7 Å². The summed E-state index contributed by atoms with van der Waals surface area (Å²) in [5.74, 6) is -2.97. The molecule has 0 radical (unpaired) electrons. The molecule has 0 spiro atoms. The Morgan fingerprint density at radius 2 is 0.924 bits per heavy atom. The fraction of sp³-hybridized carbons (Fsp3) is 0.694. The molecule has 0 heterocycles. The van der Waals surface area contributed by atoms with Crippen molar-refractivity contribution in [2.45, 2.75) is 109 Å². The molecular formula is C62H104N12O16S2. The fourth-order valence-corrected chi connectivity index (χ4v) is 8.76. The van der Waals surface area contributed by atoms with E-state index in [-0.39, 0.29) is 103 Å². The number of carbonyl (C=O) groups is 6. The summed E-state index contributed by atoms with van der Waals surface area (Å²) in [6.07, 6.45) is 4.79. The zero-order chi connectivity index (χ0) is 66.8. The third-order valence-corrected chi connectivity index (χ3v) is 13.7. The van der Waals surface area contributed by atoms with Gasteiger partial charge in [-0.05, 0) is 112 Å². The maximum Gasteiger partial charge on any atom is 0.243 e. The van der Waals surface area contributed by atoms with Crippen LogP contribution in [0.3, 0.4) is 0 Å². The van der Waals surface area contributed by atoms with Gasteiger partial charge in [-0.3, -0.25) is 34.2 Å². The second kappa shape index (κ2) is 57.5. The number of amides is 6. The van der Waals surface area contributed by atoms with Crippen LogP contribution in [0.1, 0.15) is 89.5 Å². The number of hydrogen-bond donors (Lipinski definition) is 11. The van der Waals surface area contributed by atoms with Gasteiger partial charge in [0.15, 0.2) is 11.1 Å². The molecular weight excluding hydrogens is 1230 g/mol. The van der Waals surface area contributed by atoms with Crippen LogP contribution in [-0.4, -0.2) is 241 Å². The number of nitrogens with one attached hydrogen (secondary N) is 9. The molecule has 0 aliphatic carbocycles. The molecule has 0 fully saturated rings. The van der Waals surface area contributed by atoms with Crippen molar-refractivity contribution in [3.05, 3.63) is 48.0 Å². The molecule has 2 aromatic carbocycles. The highest BCUT2D eigenvalue weighted by Crippen LogP contribution is 2.16. The zero-order valence-corrected chi connectivity index (χ0v) is 55.4. The minimum Gasteiger partial charge on any atom is -0.379 e. The van der Waals surface area contributed by atoms with Crippen LogP contribution in [0, 0.1) is 5.41 Å². The van der Waals surface area contributed by atoms with Gasteiger partial charge in [-0.25, -0.2) is 4.99 Å². The number of hydrogen-bond acceptors (Lipinski definition) is 20. The van der Waals surface area contributed by atoms with Crippen LogP contribution in [0.2, 0.25) is 0 Å². The summed E-state index contributed by atoms with van der Waals surface area (Å²) in [6.45, 7) is 12.1. The van der Waals surface area contributed by atoms with Crippen molar-refractivity contribution < 1.29 is 76.1 Å². The molecule has 3 atom stereocenters. The monoisotopic (exact) mass is 1340 g/mol. The average Bonchev–Trinajstić information content (AvgIpc) is 1.49. The Morgan fingerprint density at radius 3 is 1.45 bits per heavy atom. The molecule has 0 saturated heterocycles. The number of thiocarbonyl (C=S) groups is 2. The summed E-state index contributed by atoms with van der Waals surface area (Å²) in [7, 11) is 0. The van der Waals surface area contributed by atoms with E-state index >= 15 is 0 Å². The first kappa shape index (κ1) is 82.0. The number of unbranched alkanes of at least 4 members (excludes halogenated alkanes) is 3. The van der Waals surface area contributed by atoms with Crippen LogP contribution in [-0.2, 0) is 82.6 Å². The molecule has 13 N–H and O–H groups in total. The van der Waals surface area contributed by atoms with Gasteiger partial charge in [-0.2, -0.15) is 0 Å². The fourth-order valence-electron chi connectivity index (χ4n) is 8.46. The minimum absolute atomic E-state index is 0.00580. The molecule has 0 aliphatic heterocycles. The number of carbonyl (C=O) groups excluding carboxylic acids is 6. The van der Waals surface area contributed by atoms with Gasteiger partial charge in [0.25, 0.3) is 0 Å². The van der Waals surface area contributed by atoms with Crippen molar-refractivity contribution in [2.75, 3.05) is 171 Å². The largest absolute Gasteiger partial charge is 0.379 e. The van der Waals surface area contributed by atoms with E-state index < -0.39 is 47.7 Å². The van der Waals surface area contributed by atoms with E-state index in [1.54, 1.807) is 0 Å². The van der Waals surface area contributed by atoms with Crippen molar-refractivity contribution in [2.24, 2.45) is 16.5 Å². The molecule has 2 aromatic rings. The van der Waals surface area contributed by atoms with Crippen molar-refractivity contribution in [3.63, 3.8) is 0 Å². The van der Waals surface area contributed by atoms with E-state index in [9.17, 15) is 28.8 Å². The van der Waals surface area contributed by atoms with E-state index in [0.29, 0.717) is 156 Å². The van der Waals surface area contributed by atoms with Gasteiger partial charge in [0.05, 0.1) is 137 Å². The maximum atomic E-state index is 14.0. The van der Waals surface area contributed by atoms with E-state index in [4.69, 9.17) is 76.5 Å². The van der Waals surface area contributed by atoms with Crippen molar-refractivity contribution >= 4 is 86.9 Å². The third-order valence-electron chi connectivity index (χ3n) is 13.3. The molecule has 6 amide bonds. The zero-order valence-electron chi connectivity index (χ0n) is 53.8. The van der Waals surface area contributed by atoms with Crippen molar-refractivity contribution in [1.82, 2.24) is 42.5 Å². The van der Waals surface area contributed by atoms with E-state index in [2.05, 4.69) is 64.9 Å². The van der Waals surface area contributed by atoms with Gasteiger partial charge in [-0.15, -0.1) is 0 Å². The number of guanidine groups is 1. The number of rotatable bonds is 61. The molecule has 30 heteroatoms.